The minimum atomic E-state index is 0.329. The van der Waals surface area contributed by atoms with Gasteiger partial charge in [-0.15, -0.1) is 6.58 Å². The Bertz CT molecular complexity index is 1010. The second-order valence-corrected chi connectivity index (χ2v) is 8.94. The molecule has 172 valence electrons. The average Bonchev–Trinajstić information content (AvgIpc) is 2.87. The van der Waals surface area contributed by atoms with Crippen LogP contribution >= 0.6 is 0 Å². The van der Waals surface area contributed by atoms with Gasteiger partial charge in [0.05, 0.1) is 13.2 Å². The third kappa shape index (κ3) is 5.87. The molecular formula is C31H36O2. The summed E-state index contributed by atoms with van der Waals surface area (Å²) in [5.74, 6) is 2.73. The summed E-state index contributed by atoms with van der Waals surface area (Å²) < 4.78 is 11.9. The SMILES string of the molecule is C=CCCCOc1ccc([C@@H]2c3ccc(OCCCC)cc3CC[C@@H]2c2ccccc2)cc1. The molecule has 0 N–H and O–H groups in total. The van der Waals surface area contributed by atoms with Crippen LogP contribution in [0, 0.1) is 0 Å². The molecule has 0 bridgehead atoms. The van der Waals surface area contributed by atoms with Gasteiger partial charge >= 0.3 is 0 Å². The summed E-state index contributed by atoms with van der Waals surface area (Å²) in [5.41, 5.74) is 5.62. The highest BCUT2D eigenvalue weighted by Crippen LogP contribution is 2.47. The number of benzene rings is 3. The highest BCUT2D eigenvalue weighted by molar-refractivity contribution is 5.48. The first-order valence-electron chi connectivity index (χ1n) is 12.4. The summed E-state index contributed by atoms with van der Waals surface area (Å²) in [4.78, 5) is 0. The summed E-state index contributed by atoms with van der Waals surface area (Å²) in [6, 6.07) is 26.5. The summed E-state index contributed by atoms with van der Waals surface area (Å²) in [6.45, 7) is 7.49. The van der Waals surface area contributed by atoms with E-state index in [0.29, 0.717) is 11.8 Å². The number of aryl methyl sites for hydroxylation is 1. The van der Waals surface area contributed by atoms with E-state index in [-0.39, 0.29) is 0 Å². The van der Waals surface area contributed by atoms with Crippen molar-refractivity contribution in [2.75, 3.05) is 13.2 Å². The zero-order chi connectivity index (χ0) is 22.9. The number of hydrogen-bond acceptors (Lipinski definition) is 2. The highest BCUT2D eigenvalue weighted by Gasteiger charge is 2.32. The van der Waals surface area contributed by atoms with Crippen molar-refractivity contribution < 1.29 is 9.47 Å². The summed E-state index contributed by atoms with van der Waals surface area (Å²) >= 11 is 0. The fourth-order valence-electron chi connectivity index (χ4n) is 4.88. The standard InChI is InChI=1S/C31H36O2/c1-3-5-10-22-32-27-16-13-25(14-17-27)31-29(24-11-8-7-9-12-24)19-15-26-23-28(18-20-30(26)31)33-21-6-4-2/h3,7-9,11-14,16-18,20,23,29,31H,1,4-6,10,15,19,21-22H2,2H3/t29-,31+/m1/s1. The zero-order valence-electron chi connectivity index (χ0n) is 19.8. The second-order valence-electron chi connectivity index (χ2n) is 8.94. The molecule has 0 saturated carbocycles. The van der Waals surface area contributed by atoms with Crippen LogP contribution in [0.25, 0.3) is 0 Å². The maximum Gasteiger partial charge on any atom is 0.119 e. The molecule has 1 aliphatic rings. The fraction of sp³-hybridized carbons (Fsp3) is 0.355. The van der Waals surface area contributed by atoms with Gasteiger partial charge in [-0.05, 0) is 84.5 Å². The van der Waals surface area contributed by atoms with Gasteiger partial charge in [0.25, 0.3) is 0 Å². The van der Waals surface area contributed by atoms with Crippen LogP contribution in [0.5, 0.6) is 11.5 Å². The lowest BCUT2D eigenvalue weighted by atomic mass is 9.69. The Hall–Kier alpha value is -3.00. The van der Waals surface area contributed by atoms with Crippen molar-refractivity contribution in [2.24, 2.45) is 0 Å². The number of unbranched alkanes of at least 4 members (excludes halogenated alkanes) is 2. The van der Waals surface area contributed by atoms with E-state index in [1.54, 1.807) is 0 Å². The van der Waals surface area contributed by atoms with Gasteiger partial charge in [-0.3, -0.25) is 0 Å². The van der Waals surface area contributed by atoms with Crippen molar-refractivity contribution in [1.82, 2.24) is 0 Å². The molecule has 2 atom stereocenters. The molecule has 0 saturated heterocycles. The average molecular weight is 441 g/mol. The molecule has 0 amide bonds. The quantitative estimate of drug-likeness (QED) is 0.222. The predicted octanol–water partition coefficient (Wildman–Crippen LogP) is 8.07. The maximum atomic E-state index is 6.01. The Morgan fingerprint density at radius 3 is 2.33 bits per heavy atom. The minimum Gasteiger partial charge on any atom is -0.494 e. The van der Waals surface area contributed by atoms with E-state index >= 15 is 0 Å². The van der Waals surface area contributed by atoms with E-state index in [1.165, 1.54) is 22.3 Å². The Kier molecular flexibility index (Phi) is 8.24. The largest absolute Gasteiger partial charge is 0.494 e. The number of fused-ring (bicyclic) bond motifs is 1. The van der Waals surface area contributed by atoms with Crippen molar-refractivity contribution in [2.45, 2.75) is 57.3 Å². The van der Waals surface area contributed by atoms with Crippen molar-refractivity contribution >= 4 is 0 Å². The zero-order valence-corrected chi connectivity index (χ0v) is 19.8. The van der Waals surface area contributed by atoms with E-state index in [9.17, 15) is 0 Å². The predicted molar refractivity (Wildman–Crippen MR) is 138 cm³/mol. The van der Waals surface area contributed by atoms with Crippen molar-refractivity contribution in [3.63, 3.8) is 0 Å². The van der Waals surface area contributed by atoms with Gasteiger partial charge < -0.3 is 9.47 Å². The van der Waals surface area contributed by atoms with Crippen LogP contribution < -0.4 is 9.47 Å². The highest BCUT2D eigenvalue weighted by atomic mass is 16.5. The van der Waals surface area contributed by atoms with Crippen molar-refractivity contribution in [3.05, 3.63) is 108 Å². The molecule has 3 aromatic carbocycles. The van der Waals surface area contributed by atoms with Crippen LogP contribution in [0.3, 0.4) is 0 Å². The molecule has 0 aromatic heterocycles. The van der Waals surface area contributed by atoms with Gasteiger partial charge in [-0.2, -0.15) is 0 Å². The van der Waals surface area contributed by atoms with Gasteiger partial charge in [0.1, 0.15) is 11.5 Å². The molecule has 2 nitrogen and oxygen atoms in total. The number of allylic oxidation sites excluding steroid dienone is 1. The molecule has 0 heterocycles. The molecule has 0 aliphatic heterocycles. The van der Waals surface area contributed by atoms with E-state index < -0.39 is 0 Å². The Morgan fingerprint density at radius 2 is 1.58 bits per heavy atom. The van der Waals surface area contributed by atoms with E-state index in [0.717, 1.165) is 63.2 Å². The summed E-state index contributed by atoms with van der Waals surface area (Å²) in [7, 11) is 0. The lowest BCUT2D eigenvalue weighted by molar-refractivity contribution is 0.308. The number of rotatable bonds is 11. The third-order valence-electron chi connectivity index (χ3n) is 6.63. The van der Waals surface area contributed by atoms with Crippen molar-refractivity contribution in [3.8, 4) is 11.5 Å². The van der Waals surface area contributed by atoms with E-state index in [4.69, 9.17) is 9.47 Å². The first-order valence-corrected chi connectivity index (χ1v) is 12.4. The minimum absolute atomic E-state index is 0.329. The molecule has 1 aliphatic carbocycles. The van der Waals surface area contributed by atoms with Gasteiger partial charge in [0.2, 0.25) is 0 Å². The third-order valence-corrected chi connectivity index (χ3v) is 6.63. The topological polar surface area (TPSA) is 18.5 Å². The maximum absolute atomic E-state index is 6.01. The Morgan fingerprint density at radius 1 is 0.848 bits per heavy atom. The van der Waals surface area contributed by atoms with Crippen LogP contribution in [0.2, 0.25) is 0 Å². The lowest BCUT2D eigenvalue weighted by Gasteiger charge is -2.35. The van der Waals surface area contributed by atoms with Crippen molar-refractivity contribution in [1.29, 1.82) is 0 Å². The molecule has 0 fully saturated rings. The van der Waals surface area contributed by atoms with Crippen LogP contribution in [0.1, 0.15) is 73.1 Å². The first kappa shape index (κ1) is 23.2. The monoisotopic (exact) mass is 440 g/mol. The molecule has 0 radical (unpaired) electrons. The molecule has 0 unspecified atom stereocenters. The van der Waals surface area contributed by atoms with Crippen LogP contribution in [0.15, 0.2) is 85.5 Å². The van der Waals surface area contributed by atoms with E-state index in [1.807, 2.05) is 6.08 Å². The number of hydrogen-bond donors (Lipinski definition) is 0. The Balaban J connectivity index is 1.61. The Labute approximate surface area is 199 Å². The second kappa shape index (κ2) is 11.7. The van der Waals surface area contributed by atoms with Crippen LogP contribution in [-0.2, 0) is 6.42 Å². The first-order chi connectivity index (χ1) is 16.3. The fourth-order valence-corrected chi connectivity index (χ4v) is 4.88. The van der Waals surface area contributed by atoms with Crippen LogP contribution in [-0.4, -0.2) is 13.2 Å². The smallest absolute Gasteiger partial charge is 0.119 e. The molecule has 4 rings (SSSR count). The normalized spacial score (nSPS) is 17.2. The molecule has 2 heteroatoms. The van der Waals surface area contributed by atoms with Crippen LogP contribution in [0.4, 0.5) is 0 Å². The molecule has 0 spiro atoms. The molecule has 33 heavy (non-hydrogen) atoms. The van der Waals surface area contributed by atoms with Gasteiger partial charge in [0, 0.05) is 5.92 Å². The van der Waals surface area contributed by atoms with Gasteiger partial charge in [0.15, 0.2) is 0 Å². The van der Waals surface area contributed by atoms with Gasteiger partial charge in [-0.1, -0.05) is 68.0 Å². The summed E-state index contributed by atoms with van der Waals surface area (Å²) in [6.07, 6.45) is 8.40. The van der Waals surface area contributed by atoms with Gasteiger partial charge in [-0.25, -0.2) is 0 Å². The summed E-state index contributed by atoms with van der Waals surface area (Å²) in [5, 5.41) is 0. The molecule has 3 aromatic rings. The van der Waals surface area contributed by atoms with E-state index in [2.05, 4.69) is 86.3 Å². The molecular weight excluding hydrogens is 404 g/mol. The number of ether oxygens (including phenoxy) is 2. The lowest BCUT2D eigenvalue weighted by Crippen LogP contribution is -2.20.